The molecule has 1 aliphatic rings. The first-order chi connectivity index (χ1) is 13.9. The summed E-state index contributed by atoms with van der Waals surface area (Å²) in [4.78, 5) is 11.2. The summed E-state index contributed by atoms with van der Waals surface area (Å²) < 4.78 is 23.1. The minimum absolute atomic E-state index is 0. The van der Waals surface area contributed by atoms with Crippen molar-refractivity contribution in [1.82, 2.24) is 15.6 Å². The third-order valence-corrected chi connectivity index (χ3v) is 5.76. The standard InChI is InChI=1S/C19H25ClN6O2S.HI/c1-2-22-19(24-12-14-5-3-6-16(11-14)29(21,27)28)25-15-8-10-26(13-15)18-17(20)7-4-9-23-18;/h3-7,9,11,15H,2,8,10,12-13H2,1H3,(H2,21,27,28)(H2,22,24,25);1H. The molecule has 1 aliphatic heterocycles. The van der Waals surface area contributed by atoms with Crippen LogP contribution in [0.25, 0.3) is 0 Å². The number of anilines is 1. The fraction of sp³-hybridized carbons (Fsp3) is 0.368. The second kappa shape index (κ2) is 11.1. The number of halogens is 2. The Labute approximate surface area is 199 Å². The lowest BCUT2D eigenvalue weighted by Gasteiger charge is -2.20. The van der Waals surface area contributed by atoms with Gasteiger partial charge < -0.3 is 15.5 Å². The number of hydrogen-bond acceptors (Lipinski definition) is 5. The normalized spacial score (nSPS) is 16.8. The third-order valence-electron chi connectivity index (χ3n) is 4.56. The van der Waals surface area contributed by atoms with Crippen LogP contribution in [0.3, 0.4) is 0 Å². The van der Waals surface area contributed by atoms with Gasteiger partial charge in [0.05, 0.1) is 16.5 Å². The van der Waals surface area contributed by atoms with Crippen molar-refractivity contribution in [2.24, 2.45) is 10.1 Å². The number of primary sulfonamides is 1. The molecule has 2 aromatic rings. The summed E-state index contributed by atoms with van der Waals surface area (Å²) in [6.45, 7) is 4.66. The van der Waals surface area contributed by atoms with Gasteiger partial charge in [-0.1, -0.05) is 23.7 Å². The van der Waals surface area contributed by atoms with Crippen LogP contribution in [0, 0.1) is 0 Å². The number of nitrogens with two attached hydrogens (primary N) is 1. The summed E-state index contributed by atoms with van der Waals surface area (Å²) in [5.41, 5.74) is 0.766. The minimum atomic E-state index is -3.73. The SMILES string of the molecule is CCNC(=NCc1cccc(S(N)(=O)=O)c1)NC1CCN(c2ncccc2Cl)C1.I. The second-order valence-electron chi connectivity index (χ2n) is 6.77. The number of nitrogens with one attached hydrogen (secondary N) is 2. The van der Waals surface area contributed by atoms with E-state index in [1.54, 1.807) is 18.3 Å². The Morgan fingerprint density at radius 3 is 2.87 bits per heavy atom. The van der Waals surface area contributed by atoms with Crippen molar-refractivity contribution < 1.29 is 8.42 Å². The third kappa shape index (κ3) is 6.69. The molecule has 3 rings (SSSR count). The van der Waals surface area contributed by atoms with Gasteiger partial charge in [-0.15, -0.1) is 24.0 Å². The Kier molecular flexibility index (Phi) is 9.13. The molecule has 1 aromatic heterocycles. The maximum absolute atomic E-state index is 11.5. The molecular formula is C19H26ClIN6O2S. The first-order valence-electron chi connectivity index (χ1n) is 9.39. The Hall–Kier alpha value is -1.63. The van der Waals surface area contributed by atoms with Crippen LogP contribution in [0.2, 0.25) is 5.02 Å². The molecule has 164 valence electrons. The zero-order chi connectivity index (χ0) is 20.9. The predicted octanol–water partition coefficient (Wildman–Crippen LogP) is 2.33. The molecule has 0 saturated carbocycles. The van der Waals surface area contributed by atoms with Crippen LogP contribution >= 0.6 is 35.6 Å². The van der Waals surface area contributed by atoms with Gasteiger partial charge in [-0.3, -0.25) is 0 Å². The monoisotopic (exact) mass is 564 g/mol. The fourth-order valence-corrected chi connectivity index (χ4v) is 4.01. The van der Waals surface area contributed by atoms with Crippen LogP contribution in [-0.2, 0) is 16.6 Å². The molecule has 8 nitrogen and oxygen atoms in total. The van der Waals surface area contributed by atoms with Gasteiger partial charge >= 0.3 is 0 Å². The highest BCUT2D eigenvalue weighted by Crippen LogP contribution is 2.25. The molecule has 0 bridgehead atoms. The van der Waals surface area contributed by atoms with Crippen molar-refractivity contribution in [1.29, 1.82) is 0 Å². The van der Waals surface area contributed by atoms with Crippen molar-refractivity contribution in [3.8, 4) is 0 Å². The lowest BCUT2D eigenvalue weighted by atomic mass is 10.2. The van der Waals surface area contributed by atoms with Crippen molar-refractivity contribution in [2.75, 3.05) is 24.5 Å². The largest absolute Gasteiger partial charge is 0.357 e. The number of sulfonamides is 1. The van der Waals surface area contributed by atoms with E-state index in [0.29, 0.717) is 24.1 Å². The van der Waals surface area contributed by atoms with E-state index >= 15 is 0 Å². The summed E-state index contributed by atoms with van der Waals surface area (Å²) in [6, 6.07) is 10.4. The number of hydrogen-bond donors (Lipinski definition) is 3. The van der Waals surface area contributed by atoms with Crippen molar-refractivity contribution in [3.05, 3.63) is 53.2 Å². The van der Waals surface area contributed by atoms with E-state index in [2.05, 4.69) is 25.5 Å². The van der Waals surface area contributed by atoms with Gasteiger partial charge in [-0.2, -0.15) is 0 Å². The van der Waals surface area contributed by atoms with Gasteiger partial charge in [0.25, 0.3) is 0 Å². The van der Waals surface area contributed by atoms with Crippen molar-refractivity contribution >= 4 is 57.4 Å². The fourth-order valence-electron chi connectivity index (χ4n) is 3.19. The highest BCUT2D eigenvalue weighted by atomic mass is 127. The zero-order valence-electron chi connectivity index (χ0n) is 16.6. The highest BCUT2D eigenvalue weighted by Gasteiger charge is 2.25. The molecule has 30 heavy (non-hydrogen) atoms. The van der Waals surface area contributed by atoms with Crippen LogP contribution in [0.1, 0.15) is 18.9 Å². The van der Waals surface area contributed by atoms with Gasteiger partial charge in [0.1, 0.15) is 5.82 Å². The van der Waals surface area contributed by atoms with E-state index in [-0.39, 0.29) is 34.9 Å². The number of nitrogens with zero attached hydrogens (tertiary/aromatic N) is 3. The van der Waals surface area contributed by atoms with E-state index in [9.17, 15) is 8.42 Å². The molecule has 1 fully saturated rings. The Morgan fingerprint density at radius 2 is 2.17 bits per heavy atom. The summed E-state index contributed by atoms with van der Waals surface area (Å²) in [5.74, 6) is 1.47. The van der Waals surface area contributed by atoms with Crippen molar-refractivity contribution in [3.63, 3.8) is 0 Å². The van der Waals surface area contributed by atoms with Gasteiger partial charge in [-0.25, -0.2) is 23.5 Å². The zero-order valence-corrected chi connectivity index (χ0v) is 20.5. The number of pyridine rings is 1. The molecule has 1 unspecified atom stereocenters. The Balaban J connectivity index is 0.00000320. The Morgan fingerprint density at radius 1 is 1.37 bits per heavy atom. The predicted molar refractivity (Wildman–Crippen MR) is 131 cm³/mol. The van der Waals surface area contributed by atoms with Gasteiger partial charge in [0, 0.05) is 31.9 Å². The summed E-state index contributed by atoms with van der Waals surface area (Å²) in [5, 5.41) is 12.5. The molecule has 0 radical (unpaired) electrons. The van der Waals surface area contributed by atoms with Crippen molar-refractivity contribution in [2.45, 2.75) is 30.8 Å². The molecule has 2 heterocycles. The molecule has 4 N–H and O–H groups in total. The van der Waals surface area contributed by atoms with Crippen LogP contribution < -0.4 is 20.7 Å². The maximum atomic E-state index is 11.5. The van der Waals surface area contributed by atoms with Crippen LogP contribution in [0.4, 0.5) is 5.82 Å². The number of guanidine groups is 1. The lowest BCUT2D eigenvalue weighted by Crippen LogP contribution is -2.44. The lowest BCUT2D eigenvalue weighted by molar-refractivity contribution is 0.597. The maximum Gasteiger partial charge on any atom is 0.238 e. The molecule has 1 aromatic carbocycles. The molecule has 11 heteroatoms. The smallest absolute Gasteiger partial charge is 0.238 e. The van der Waals surface area contributed by atoms with E-state index in [1.165, 1.54) is 6.07 Å². The number of benzene rings is 1. The minimum Gasteiger partial charge on any atom is -0.357 e. The van der Waals surface area contributed by atoms with Gasteiger partial charge in [0.15, 0.2) is 5.96 Å². The van der Waals surface area contributed by atoms with Crippen LogP contribution in [0.15, 0.2) is 52.5 Å². The highest BCUT2D eigenvalue weighted by molar-refractivity contribution is 14.0. The van der Waals surface area contributed by atoms with E-state index in [4.69, 9.17) is 16.7 Å². The summed E-state index contributed by atoms with van der Waals surface area (Å²) in [7, 11) is -3.73. The van der Waals surface area contributed by atoms with Gasteiger partial charge in [-0.05, 0) is 43.2 Å². The van der Waals surface area contributed by atoms with Crippen LogP contribution in [0.5, 0.6) is 0 Å². The topological polar surface area (TPSA) is 113 Å². The quantitative estimate of drug-likeness (QED) is 0.282. The Bertz CT molecular complexity index is 988. The summed E-state index contributed by atoms with van der Waals surface area (Å²) in [6.07, 6.45) is 2.67. The average molecular weight is 565 g/mol. The van der Waals surface area contributed by atoms with E-state index < -0.39 is 10.0 Å². The van der Waals surface area contributed by atoms with E-state index in [0.717, 1.165) is 30.9 Å². The molecule has 0 spiro atoms. The second-order valence-corrected chi connectivity index (χ2v) is 8.74. The number of aliphatic imine (C=N–C) groups is 1. The molecule has 0 amide bonds. The first kappa shape index (κ1) is 24.6. The molecular weight excluding hydrogens is 539 g/mol. The first-order valence-corrected chi connectivity index (χ1v) is 11.3. The van der Waals surface area contributed by atoms with Gasteiger partial charge in [0.2, 0.25) is 10.0 Å². The number of aromatic nitrogens is 1. The number of rotatable bonds is 6. The summed E-state index contributed by atoms with van der Waals surface area (Å²) >= 11 is 6.26. The molecule has 1 saturated heterocycles. The molecule has 0 aliphatic carbocycles. The average Bonchev–Trinajstić information content (AvgIpc) is 3.14. The van der Waals surface area contributed by atoms with E-state index in [1.807, 2.05) is 25.1 Å². The van der Waals surface area contributed by atoms with Crippen LogP contribution in [-0.4, -0.2) is 45.0 Å². The molecule has 1 atom stereocenters.